The maximum atomic E-state index is 12.9. The van der Waals surface area contributed by atoms with E-state index in [9.17, 15) is 19.0 Å². The highest BCUT2D eigenvalue weighted by atomic mass is 31.2. The van der Waals surface area contributed by atoms with Crippen LogP contribution in [-0.2, 0) is 32.7 Å². The van der Waals surface area contributed by atoms with Crippen LogP contribution in [0.1, 0.15) is 309 Å². The van der Waals surface area contributed by atoms with Crippen LogP contribution in [0.2, 0.25) is 0 Å². The normalized spacial score (nSPS) is 13.8. The summed E-state index contributed by atoms with van der Waals surface area (Å²) in [7, 11) is 1.16. The minimum absolute atomic E-state index is 0.0353. The molecular weight excluding hydrogens is 1090 g/mol. The molecule has 0 N–H and O–H groups in total. The number of carbonyl (C=O) groups excluding carboxylic acids is 2. The highest BCUT2D eigenvalue weighted by molar-refractivity contribution is 7.45. The molecular formula is C76H134NO8P. The van der Waals surface area contributed by atoms with E-state index in [1.807, 2.05) is 21.1 Å². The Morgan fingerprint density at radius 2 is 0.663 bits per heavy atom. The summed E-state index contributed by atoms with van der Waals surface area (Å²) < 4.78 is 34.3. The molecule has 86 heavy (non-hydrogen) atoms. The molecule has 0 aliphatic rings. The number of hydrogen-bond acceptors (Lipinski definition) is 8. The molecule has 0 fully saturated rings. The lowest BCUT2D eigenvalue weighted by Crippen LogP contribution is -2.37. The molecule has 0 aromatic rings. The average molecular weight is 1220 g/mol. The summed E-state index contributed by atoms with van der Waals surface area (Å²) >= 11 is 0. The molecule has 496 valence electrons. The first-order valence-corrected chi connectivity index (χ1v) is 37.1. The van der Waals surface area contributed by atoms with Crippen molar-refractivity contribution in [3.63, 3.8) is 0 Å². The fourth-order valence-corrected chi connectivity index (χ4v) is 10.6. The van der Waals surface area contributed by atoms with Gasteiger partial charge in [-0.15, -0.1) is 0 Å². The second-order valence-corrected chi connectivity index (χ2v) is 26.3. The Hall–Kier alpha value is -3.33. The van der Waals surface area contributed by atoms with Gasteiger partial charge in [0.2, 0.25) is 0 Å². The number of esters is 2. The molecule has 2 atom stereocenters. The van der Waals surface area contributed by atoms with Gasteiger partial charge in [0.25, 0.3) is 7.82 Å². The van der Waals surface area contributed by atoms with Crippen LogP contribution in [0.15, 0.2) is 109 Å². The zero-order valence-corrected chi connectivity index (χ0v) is 57.4. The second kappa shape index (κ2) is 66.1. The van der Waals surface area contributed by atoms with E-state index in [4.69, 9.17) is 18.5 Å². The van der Waals surface area contributed by atoms with Crippen molar-refractivity contribution in [3.05, 3.63) is 109 Å². The van der Waals surface area contributed by atoms with Crippen molar-refractivity contribution in [2.45, 2.75) is 315 Å². The predicted molar refractivity (Wildman–Crippen MR) is 369 cm³/mol. The number of nitrogens with zero attached hydrogens (tertiary/aromatic N) is 1. The van der Waals surface area contributed by atoms with Crippen LogP contribution >= 0.6 is 7.82 Å². The Morgan fingerprint density at radius 1 is 0.372 bits per heavy atom. The number of phosphoric acid groups is 1. The number of phosphoric ester groups is 1. The van der Waals surface area contributed by atoms with Gasteiger partial charge < -0.3 is 27.9 Å². The molecule has 0 aliphatic heterocycles. The third kappa shape index (κ3) is 69.8. The third-order valence-electron chi connectivity index (χ3n) is 15.3. The van der Waals surface area contributed by atoms with Gasteiger partial charge in [0, 0.05) is 12.8 Å². The van der Waals surface area contributed by atoms with Gasteiger partial charge in [0.1, 0.15) is 19.8 Å². The molecule has 0 aliphatic carbocycles. The van der Waals surface area contributed by atoms with Gasteiger partial charge in [-0.1, -0.05) is 303 Å². The highest BCUT2D eigenvalue weighted by Crippen LogP contribution is 2.38. The molecule has 0 radical (unpaired) electrons. The monoisotopic (exact) mass is 1220 g/mol. The summed E-state index contributed by atoms with van der Waals surface area (Å²) in [6, 6.07) is 0. The first kappa shape index (κ1) is 82.7. The number of likely N-dealkylation sites (N-methyl/N-ethyl adjacent to an activating group) is 1. The van der Waals surface area contributed by atoms with Crippen molar-refractivity contribution in [1.29, 1.82) is 0 Å². The minimum atomic E-state index is -4.65. The molecule has 0 amide bonds. The van der Waals surface area contributed by atoms with E-state index in [0.29, 0.717) is 17.4 Å². The minimum Gasteiger partial charge on any atom is -0.756 e. The van der Waals surface area contributed by atoms with Crippen molar-refractivity contribution in [3.8, 4) is 0 Å². The van der Waals surface area contributed by atoms with Crippen molar-refractivity contribution in [2.24, 2.45) is 0 Å². The molecule has 0 saturated carbocycles. The predicted octanol–water partition coefficient (Wildman–Crippen LogP) is 22.6. The molecule has 0 heterocycles. The highest BCUT2D eigenvalue weighted by Gasteiger charge is 2.22. The zero-order valence-electron chi connectivity index (χ0n) is 56.5. The lowest BCUT2D eigenvalue weighted by atomic mass is 10.0. The fourth-order valence-electron chi connectivity index (χ4n) is 9.85. The largest absolute Gasteiger partial charge is 0.756 e. The molecule has 0 aromatic carbocycles. The third-order valence-corrected chi connectivity index (χ3v) is 16.2. The topological polar surface area (TPSA) is 111 Å². The Morgan fingerprint density at radius 3 is 0.988 bits per heavy atom. The number of hydrogen-bond donors (Lipinski definition) is 0. The summed E-state index contributed by atoms with van der Waals surface area (Å²) in [6.45, 7) is 4.13. The maximum Gasteiger partial charge on any atom is 0.306 e. The molecule has 2 unspecified atom stereocenters. The van der Waals surface area contributed by atoms with Crippen molar-refractivity contribution < 1.29 is 42.1 Å². The summed E-state index contributed by atoms with van der Waals surface area (Å²) in [5.74, 6) is -0.833. The van der Waals surface area contributed by atoms with Crippen LogP contribution in [0, 0.1) is 0 Å². The van der Waals surface area contributed by atoms with Crippen LogP contribution in [-0.4, -0.2) is 70.0 Å². The molecule has 0 saturated heterocycles. The summed E-state index contributed by atoms with van der Waals surface area (Å²) in [4.78, 5) is 38.1. The second-order valence-electron chi connectivity index (χ2n) is 24.9. The zero-order chi connectivity index (χ0) is 62.6. The SMILES string of the molecule is CC/C=C\C/C=C\C/C=C\C/C=C\C/C=C\C/C=C\CCCCCCCCCCCCC(=O)OC(COC(=O)CCCCCCCCCCCCCCCCCCCC/C=C\C/C=C\C/C=C\CCCCCCC)COP(=O)([O-])OCC[N+](C)(C)C. The van der Waals surface area contributed by atoms with E-state index in [1.165, 1.54) is 180 Å². The molecule has 0 bridgehead atoms. The number of allylic oxidation sites excluding steroid dienone is 18. The molecule has 9 nitrogen and oxygen atoms in total. The van der Waals surface area contributed by atoms with E-state index in [2.05, 4.69) is 123 Å². The van der Waals surface area contributed by atoms with Gasteiger partial charge >= 0.3 is 11.9 Å². The number of quaternary nitrogens is 1. The van der Waals surface area contributed by atoms with E-state index < -0.39 is 26.5 Å². The van der Waals surface area contributed by atoms with Crippen LogP contribution in [0.5, 0.6) is 0 Å². The Labute approximate surface area is 531 Å². The number of carbonyl (C=O) groups is 2. The van der Waals surface area contributed by atoms with Gasteiger partial charge in [-0.3, -0.25) is 14.2 Å². The van der Waals surface area contributed by atoms with E-state index >= 15 is 0 Å². The summed E-state index contributed by atoms with van der Waals surface area (Å²) in [5, 5.41) is 0. The maximum absolute atomic E-state index is 12.9. The van der Waals surface area contributed by atoms with Crippen LogP contribution < -0.4 is 4.89 Å². The van der Waals surface area contributed by atoms with Crippen LogP contribution in [0.3, 0.4) is 0 Å². The first-order valence-electron chi connectivity index (χ1n) is 35.6. The van der Waals surface area contributed by atoms with E-state index in [1.54, 1.807) is 0 Å². The lowest BCUT2D eigenvalue weighted by Gasteiger charge is -2.28. The first-order chi connectivity index (χ1) is 42.0. The standard InChI is InChI=1S/C76H134NO8P/c1-6-8-10-12-14-16-18-20-22-24-26-28-30-32-34-36-37-38-39-41-42-44-46-48-50-52-54-56-58-60-62-64-66-68-75(78)82-72-74(73-84-86(80,81)83-71-70-77(3,4)5)85-76(79)69-67-65-63-61-59-57-55-53-51-49-47-45-43-40-35-33-31-29-27-25-23-21-19-17-15-13-11-9-7-2/h9,11,15,17-18,20-21,23-24,26-27,29-30,32-33,35,43,45,74H,6-8,10,12-14,16,19,22,25,28,31,34,36-42,44,46-73H2,1-5H3/b11-9-,17-15-,20-18-,23-21-,26-24-,29-27-,32-30-,35-33-,45-43-. The van der Waals surface area contributed by atoms with Gasteiger partial charge in [-0.25, -0.2) is 0 Å². The molecule has 0 aromatic heterocycles. The van der Waals surface area contributed by atoms with Gasteiger partial charge in [0.15, 0.2) is 6.10 Å². The Kier molecular flexibility index (Phi) is 63.5. The average Bonchev–Trinajstić information content (AvgIpc) is 3.67. The fraction of sp³-hybridized carbons (Fsp3) is 0.737. The van der Waals surface area contributed by atoms with E-state index in [0.717, 1.165) is 96.3 Å². The smallest absolute Gasteiger partial charge is 0.306 e. The lowest BCUT2D eigenvalue weighted by molar-refractivity contribution is -0.870. The van der Waals surface area contributed by atoms with Crippen LogP contribution in [0.4, 0.5) is 0 Å². The number of unbranched alkanes of at least 4 members (excludes halogenated alkanes) is 33. The number of rotatable bonds is 65. The van der Waals surface area contributed by atoms with Gasteiger partial charge in [0.05, 0.1) is 27.7 Å². The Balaban J connectivity index is 4.05. The van der Waals surface area contributed by atoms with Gasteiger partial charge in [-0.05, 0) is 103 Å². The molecule has 0 spiro atoms. The van der Waals surface area contributed by atoms with Crippen molar-refractivity contribution in [2.75, 3.05) is 47.5 Å². The van der Waals surface area contributed by atoms with Crippen molar-refractivity contribution in [1.82, 2.24) is 0 Å². The summed E-state index contributed by atoms with van der Waals surface area (Å²) in [5.41, 5.74) is 0. The molecule has 0 rings (SSSR count). The molecule has 10 heteroatoms. The van der Waals surface area contributed by atoms with Crippen LogP contribution in [0.25, 0.3) is 0 Å². The Bertz CT molecular complexity index is 1820. The van der Waals surface area contributed by atoms with Gasteiger partial charge in [-0.2, -0.15) is 0 Å². The summed E-state index contributed by atoms with van der Waals surface area (Å²) in [6.07, 6.45) is 93.1. The quantitative estimate of drug-likeness (QED) is 0.0195. The number of ether oxygens (including phenoxy) is 2. The van der Waals surface area contributed by atoms with Crippen molar-refractivity contribution >= 4 is 19.8 Å². The van der Waals surface area contributed by atoms with E-state index in [-0.39, 0.29) is 32.0 Å².